The van der Waals surface area contributed by atoms with E-state index in [0.717, 1.165) is 5.56 Å². The largest absolute Gasteiger partial charge is 0.495 e. The Kier molecular flexibility index (Phi) is 7.60. The number of amides is 1. The zero-order valence-electron chi connectivity index (χ0n) is 16.1. The molecular formula is C19H21ClN2O6S. The maximum atomic E-state index is 12.1. The molecular weight excluding hydrogens is 420 g/mol. The number of carbonyl (C=O) groups excluding carboxylic acids is 2. The average molecular weight is 441 g/mol. The number of aryl methyl sites for hydroxylation is 1. The lowest BCUT2D eigenvalue weighted by molar-refractivity contribution is -0.119. The standard InChI is InChI=1S/C19H21ClN2O6S/c1-4-21-29(25,26)14-7-5-13(6-8-14)19(24)28-11-18(23)22-16-9-12(2)15(20)10-17(16)27-3/h5-10,21H,4,11H2,1-3H3,(H,22,23). The summed E-state index contributed by atoms with van der Waals surface area (Å²) >= 11 is 6.02. The highest BCUT2D eigenvalue weighted by Crippen LogP contribution is 2.30. The van der Waals surface area contributed by atoms with Crippen molar-refractivity contribution in [2.75, 3.05) is 25.6 Å². The van der Waals surface area contributed by atoms with E-state index in [2.05, 4.69) is 10.0 Å². The van der Waals surface area contributed by atoms with E-state index in [0.29, 0.717) is 16.5 Å². The lowest BCUT2D eigenvalue weighted by Crippen LogP contribution is -2.23. The predicted molar refractivity (Wildman–Crippen MR) is 109 cm³/mol. The van der Waals surface area contributed by atoms with Gasteiger partial charge in [0.25, 0.3) is 5.91 Å². The Morgan fingerprint density at radius 2 is 1.79 bits per heavy atom. The molecule has 2 aromatic rings. The van der Waals surface area contributed by atoms with Crippen LogP contribution in [0.15, 0.2) is 41.3 Å². The van der Waals surface area contributed by atoms with E-state index in [9.17, 15) is 18.0 Å². The van der Waals surface area contributed by atoms with Crippen molar-refractivity contribution in [1.29, 1.82) is 0 Å². The lowest BCUT2D eigenvalue weighted by Gasteiger charge is -2.12. The van der Waals surface area contributed by atoms with Crippen molar-refractivity contribution in [3.8, 4) is 5.75 Å². The molecule has 8 nitrogen and oxygen atoms in total. The maximum Gasteiger partial charge on any atom is 0.338 e. The van der Waals surface area contributed by atoms with Gasteiger partial charge in [-0.3, -0.25) is 4.79 Å². The fourth-order valence-electron chi connectivity index (χ4n) is 2.37. The summed E-state index contributed by atoms with van der Waals surface area (Å²) in [6.45, 7) is 3.16. The van der Waals surface area contributed by atoms with Crippen LogP contribution in [0.1, 0.15) is 22.8 Å². The maximum absolute atomic E-state index is 12.1. The van der Waals surface area contributed by atoms with Crippen molar-refractivity contribution in [2.24, 2.45) is 0 Å². The zero-order chi connectivity index (χ0) is 21.6. The molecule has 1 amide bonds. The summed E-state index contributed by atoms with van der Waals surface area (Å²) in [6, 6.07) is 8.42. The van der Waals surface area contributed by atoms with Gasteiger partial charge in [0, 0.05) is 17.6 Å². The Balaban J connectivity index is 1.99. The highest BCUT2D eigenvalue weighted by molar-refractivity contribution is 7.89. The quantitative estimate of drug-likeness (QED) is 0.610. The lowest BCUT2D eigenvalue weighted by atomic mass is 10.2. The number of halogens is 1. The molecule has 0 aliphatic carbocycles. The predicted octanol–water partition coefficient (Wildman–Crippen LogP) is 2.75. The molecule has 0 saturated carbocycles. The van der Waals surface area contributed by atoms with E-state index in [-0.39, 0.29) is 17.0 Å². The number of benzene rings is 2. The minimum absolute atomic E-state index is 0.0267. The minimum atomic E-state index is -3.61. The Hall–Kier alpha value is -2.62. The van der Waals surface area contributed by atoms with E-state index in [1.165, 1.54) is 31.4 Å². The summed E-state index contributed by atoms with van der Waals surface area (Å²) in [4.78, 5) is 24.2. The number of methoxy groups -OCH3 is 1. The molecule has 0 fully saturated rings. The van der Waals surface area contributed by atoms with E-state index < -0.39 is 28.5 Å². The van der Waals surface area contributed by atoms with Gasteiger partial charge in [-0.05, 0) is 42.8 Å². The van der Waals surface area contributed by atoms with Gasteiger partial charge in [-0.25, -0.2) is 17.9 Å². The normalized spacial score (nSPS) is 11.0. The molecule has 0 aliphatic rings. The summed E-state index contributed by atoms with van der Waals surface area (Å²) in [7, 11) is -2.17. The van der Waals surface area contributed by atoms with E-state index in [4.69, 9.17) is 21.1 Å². The second kappa shape index (κ2) is 9.73. The zero-order valence-corrected chi connectivity index (χ0v) is 17.7. The fourth-order valence-corrected chi connectivity index (χ4v) is 3.57. The molecule has 29 heavy (non-hydrogen) atoms. The summed E-state index contributed by atoms with van der Waals surface area (Å²) in [6.07, 6.45) is 0. The third kappa shape index (κ3) is 5.93. The first-order chi connectivity index (χ1) is 13.7. The number of anilines is 1. The highest BCUT2D eigenvalue weighted by atomic mass is 35.5. The molecule has 2 rings (SSSR count). The number of hydrogen-bond donors (Lipinski definition) is 2. The molecule has 156 valence electrons. The van der Waals surface area contributed by atoms with Gasteiger partial charge in [-0.1, -0.05) is 18.5 Å². The number of rotatable bonds is 8. The number of nitrogens with one attached hydrogen (secondary N) is 2. The summed E-state index contributed by atoms with van der Waals surface area (Å²) in [5, 5.41) is 3.08. The van der Waals surface area contributed by atoms with Crippen LogP contribution in [0.2, 0.25) is 5.02 Å². The van der Waals surface area contributed by atoms with Gasteiger partial charge >= 0.3 is 5.97 Å². The van der Waals surface area contributed by atoms with Crippen molar-refractivity contribution in [1.82, 2.24) is 4.72 Å². The fraction of sp³-hybridized carbons (Fsp3) is 0.263. The number of carbonyl (C=O) groups is 2. The van der Waals surface area contributed by atoms with Gasteiger partial charge in [0.1, 0.15) is 5.75 Å². The van der Waals surface area contributed by atoms with Crippen LogP contribution in [0.25, 0.3) is 0 Å². The molecule has 0 spiro atoms. The Morgan fingerprint density at radius 1 is 1.14 bits per heavy atom. The third-order valence-corrected chi connectivity index (χ3v) is 5.79. The first kappa shape index (κ1) is 22.7. The first-order valence-corrected chi connectivity index (χ1v) is 10.4. The molecule has 0 radical (unpaired) electrons. The van der Waals surface area contributed by atoms with Crippen molar-refractivity contribution < 1.29 is 27.5 Å². The van der Waals surface area contributed by atoms with Gasteiger partial charge in [0.15, 0.2) is 6.61 Å². The Labute approximate surface area is 174 Å². The number of esters is 1. The van der Waals surface area contributed by atoms with Gasteiger partial charge in [-0.2, -0.15) is 0 Å². The molecule has 0 atom stereocenters. The van der Waals surface area contributed by atoms with Crippen LogP contribution in [0.5, 0.6) is 5.75 Å². The van der Waals surface area contributed by atoms with Crippen molar-refractivity contribution in [3.05, 3.63) is 52.5 Å². The molecule has 0 aliphatic heterocycles. The molecule has 0 saturated heterocycles. The summed E-state index contributed by atoms with van der Waals surface area (Å²) < 4.78 is 36.3. The topological polar surface area (TPSA) is 111 Å². The molecule has 0 aromatic heterocycles. The molecule has 0 unspecified atom stereocenters. The van der Waals surface area contributed by atoms with Crippen LogP contribution < -0.4 is 14.8 Å². The van der Waals surface area contributed by atoms with Crippen LogP contribution in [-0.2, 0) is 19.6 Å². The van der Waals surface area contributed by atoms with Crippen LogP contribution in [0, 0.1) is 6.92 Å². The molecule has 2 aromatic carbocycles. The second-order valence-corrected chi connectivity index (χ2v) is 8.13. The van der Waals surface area contributed by atoms with Crippen LogP contribution in [0.4, 0.5) is 5.69 Å². The number of sulfonamides is 1. The van der Waals surface area contributed by atoms with E-state index in [1.807, 2.05) is 0 Å². The second-order valence-electron chi connectivity index (χ2n) is 5.95. The van der Waals surface area contributed by atoms with Crippen LogP contribution >= 0.6 is 11.6 Å². The molecule has 10 heteroatoms. The smallest absolute Gasteiger partial charge is 0.338 e. The highest BCUT2D eigenvalue weighted by Gasteiger charge is 2.16. The van der Waals surface area contributed by atoms with Crippen molar-refractivity contribution in [2.45, 2.75) is 18.7 Å². The monoisotopic (exact) mass is 440 g/mol. The van der Waals surface area contributed by atoms with E-state index in [1.54, 1.807) is 26.0 Å². The SMILES string of the molecule is CCNS(=O)(=O)c1ccc(C(=O)OCC(=O)Nc2cc(C)c(Cl)cc2OC)cc1. The summed E-state index contributed by atoms with van der Waals surface area (Å²) in [5.41, 5.74) is 1.26. The minimum Gasteiger partial charge on any atom is -0.495 e. The molecule has 2 N–H and O–H groups in total. The molecule has 0 heterocycles. The number of ether oxygens (including phenoxy) is 2. The average Bonchev–Trinajstić information content (AvgIpc) is 2.68. The van der Waals surface area contributed by atoms with Gasteiger partial charge in [0.05, 0.1) is 23.3 Å². The third-order valence-electron chi connectivity index (χ3n) is 3.82. The first-order valence-electron chi connectivity index (χ1n) is 8.58. The van der Waals surface area contributed by atoms with Crippen LogP contribution in [-0.4, -0.2) is 40.6 Å². The van der Waals surface area contributed by atoms with Crippen molar-refractivity contribution in [3.63, 3.8) is 0 Å². The Bertz CT molecular complexity index is 1010. The van der Waals surface area contributed by atoms with Crippen LogP contribution in [0.3, 0.4) is 0 Å². The van der Waals surface area contributed by atoms with Gasteiger partial charge < -0.3 is 14.8 Å². The van der Waals surface area contributed by atoms with Crippen molar-refractivity contribution >= 4 is 39.2 Å². The summed E-state index contributed by atoms with van der Waals surface area (Å²) in [5.74, 6) is -0.950. The molecule has 0 bridgehead atoms. The van der Waals surface area contributed by atoms with Gasteiger partial charge in [0.2, 0.25) is 10.0 Å². The van der Waals surface area contributed by atoms with Gasteiger partial charge in [-0.15, -0.1) is 0 Å². The Morgan fingerprint density at radius 3 is 2.38 bits per heavy atom. The number of hydrogen-bond acceptors (Lipinski definition) is 6. The van der Waals surface area contributed by atoms with E-state index >= 15 is 0 Å².